The molecule has 1 aliphatic rings. The van der Waals surface area contributed by atoms with E-state index < -0.39 is 0 Å². The van der Waals surface area contributed by atoms with Crippen LogP contribution in [0.4, 0.5) is 0 Å². The fourth-order valence-corrected chi connectivity index (χ4v) is 1.80. The van der Waals surface area contributed by atoms with Crippen molar-refractivity contribution in [2.45, 2.75) is 31.6 Å². The summed E-state index contributed by atoms with van der Waals surface area (Å²) in [6.07, 6.45) is 2.40. The van der Waals surface area contributed by atoms with E-state index in [0.717, 1.165) is 17.3 Å². The summed E-state index contributed by atoms with van der Waals surface area (Å²) in [7, 11) is 0. The van der Waals surface area contributed by atoms with E-state index in [1.54, 1.807) is 0 Å². The highest BCUT2D eigenvalue weighted by atomic mass is 79.9. The van der Waals surface area contributed by atoms with E-state index in [0.29, 0.717) is 18.8 Å². The normalized spacial score (nSPS) is 25.9. The first-order valence-electron chi connectivity index (χ1n) is 4.85. The van der Waals surface area contributed by atoms with E-state index >= 15 is 0 Å². The van der Waals surface area contributed by atoms with Gasteiger partial charge in [0, 0.05) is 10.5 Å². The number of ether oxygens (including phenoxy) is 1. The predicted octanol–water partition coefficient (Wildman–Crippen LogP) is 2.46. The van der Waals surface area contributed by atoms with Crippen molar-refractivity contribution in [2.75, 3.05) is 0 Å². The molecule has 1 fully saturated rings. The molecule has 76 valence electrons. The van der Waals surface area contributed by atoms with Crippen molar-refractivity contribution in [3.05, 3.63) is 34.3 Å². The largest absolute Gasteiger partial charge is 0.373 e. The first-order valence-corrected chi connectivity index (χ1v) is 5.65. The second kappa shape index (κ2) is 4.43. The van der Waals surface area contributed by atoms with Crippen molar-refractivity contribution in [1.29, 1.82) is 0 Å². The third-order valence-electron chi connectivity index (χ3n) is 2.53. The molecule has 0 atom stereocenters. The van der Waals surface area contributed by atoms with Gasteiger partial charge < -0.3 is 10.5 Å². The molecular formula is C11H14BrNO. The van der Waals surface area contributed by atoms with E-state index in [4.69, 9.17) is 10.5 Å². The molecule has 1 aliphatic carbocycles. The lowest BCUT2D eigenvalue weighted by atomic mass is 9.90. The van der Waals surface area contributed by atoms with Gasteiger partial charge in [0.15, 0.2) is 0 Å². The van der Waals surface area contributed by atoms with Crippen LogP contribution in [0.2, 0.25) is 0 Å². The second-order valence-electron chi connectivity index (χ2n) is 3.79. The average molecular weight is 256 g/mol. The third kappa shape index (κ3) is 2.56. The van der Waals surface area contributed by atoms with Crippen LogP contribution in [0.3, 0.4) is 0 Å². The summed E-state index contributed by atoms with van der Waals surface area (Å²) in [5, 5.41) is 0. The molecular weight excluding hydrogens is 242 g/mol. The molecule has 0 unspecified atom stereocenters. The Balaban J connectivity index is 1.78. The molecule has 2 rings (SSSR count). The smallest absolute Gasteiger partial charge is 0.0720 e. The Labute approximate surface area is 92.6 Å². The number of hydrogen-bond acceptors (Lipinski definition) is 2. The molecule has 0 amide bonds. The van der Waals surface area contributed by atoms with Crippen molar-refractivity contribution < 1.29 is 4.74 Å². The first-order chi connectivity index (χ1) is 6.74. The molecule has 0 radical (unpaired) electrons. The van der Waals surface area contributed by atoms with Crippen LogP contribution in [-0.4, -0.2) is 12.1 Å². The van der Waals surface area contributed by atoms with Gasteiger partial charge in [-0.15, -0.1) is 0 Å². The number of rotatable bonds is 3. The summed E-state index contributed by atoms with van der Waals surface area (Å²) >= 11 is 3.40. The quantitative estimate of drug-likeness (QED) is 0.901. The van der Waals surface area contributed by atoms with Crippen LogP contribution in [0.15, 0.2) is 28.7 Å². The lowest BCUT2D eigenvalue weighted by Crippen LogP contribution is -2.41. The standard InChI is InChI=1S/C11H14BrNO/c12-9-3-1-8(2-4-9)7-14-11-5-10(13)6-11/h1-4,10-11H,5-7,13H2. The van der Waals surface area contributed by atoms with Gasteiger partial charge in [-0.05, 0) is 30.5 Å². The van der Waals surface area contributed by atoms with Crippen molar-refractivity contribution in [1.82, 2.24) is 0 Å². The lowest BCUT2D eigenvalue weighted by molar-refractivity contribution is -0.0188. The number of halogens is 1. The van der Waals surface area contributed by atoms with Crippen LogP contribution in [-0.2, 0) is 11.3 Å². The lowest BCUT2D eigenvalue weighted by Gasteiger charge is -2.32. The van der Waals surface area contributed by atoms with Crippen LogP contribution in [0, 0.1) is 0 Å². The van der Waals surface area contributed by atoms with Crippen molar-refractivity contribution in [3.8, 4) is 0 Å². The Kier molecular flexibility index (Phi) is 3.21. The summed E-state index contributed by atoms with van der Waals surface area (Å²) < 4.78 is 6.78. The minimum absolute atomic E-state index is 0.366. The SMILES string of the molecule is NC1CC(OCc2ccc(Br)cc2)C1. The van der Waals surface area contributed by atoms with E-state index in [1.807, 2.05) is 12.1 Å². The van der Waals surface area contributed by atoms with Gasteiger partial charge in [0.05, 0.1) is 12.7 Å². The van der Waals surface area contributed by atoms with Gasteiger partial charge >= 0.3 is 0 Å². The predicted molar refractivity (Wildman–Crippen MR) is 59.9 cm³/mol. The third-order valence-corrected chi connectivity index (χ3v) is 3.06. The summed E-state index contributed by atoms with van der Waals surface area (Å²) in [5.74, 6) is 0. The Morgan fingerprint density at radius 3 is 2.50 bits per heavy atom. The maximum Gasteiger partial charge on any atom is 0.0720 e. The fourth-order valence-electron chi connectivity index (χ4n) is 1.54. The molecule has 0 bridgehead atoms. The molecule has 0 aliphatic heterocycles. The maximum absolute atomic E-state index is 5.68. The highest BCUT2D eigenvalue weighted by Gasteiger charge is 2.26. The van der Waals surface area contributed by atoms with E-state index in [1.165, 1.54) is 5.56 Å². The maximum atomic E-state index is 5.68. The molecule has 14 heavy (non-hydrogen) atoms. The van der Waals surface area contributed by atoms with Gasteiger partial charge in [-0.25, -0.2) is 0 Å². The number of benzene rings is 1. The van der Waals surface area contributed by atoms with E-state index in [2.05, 4.69) is 28.1 Å². The van der Waals surface area contributed by atoms with Gasteiger partial charge in [-0.2, -0.15) is 0 Å². The fraction of sp³-hybridized carbons (Fsp3) is 0.455. The summed E-state index contributed by atoms with van der Waals surface area (Å²) in [5.41, 5.74) is 6.89. The molecule has 0 heterocycles. The Morgan fingerprint density at radius 1 is 1.29 bits per heavy atom. The topological polar surface area (TPSA) is 35.2 Å². The van der Waals surface area contributed by atoms with Crippen LogP contribution < -0.4 is 5.73 Å². The van der Waals surface area contributed by atoms with Crippen LogP contribution >= 0.6 is 15.9 Å². The second-order valence-corrected chi connectivity index (χ2v) is 4.71. The van der Waals surface area contributed by atoms with E-state index in [-0.39, 0.29) is 0 Å². The monoisotopic (exact) mass is 255 g/mol. The van der Waals surface area contributed by atoms with Gasteiger partial charge in [0.2, 0.25) is 0 Å². The van der Waals surface area contributed by atoms with E-state index in [9.17, 15) is 0 Å². The Morgan fingerprint density at radius 2 is 1.93 bits per heavy atom. The molecule has 0 spiro atoms. The molecule has 2 N–H and O–H groups in total. The zero-order chi connectivity index (χ0) is 9.97. The zero-order valence-corrected chi connectivity index (χ0v) is 9.53. The first kappa shape index (κ1) is 10.1. The van der Waals surface area contributed by atoms with Gasteiger partial charge in [-0.1, -0.05) is 28.1 Å². The van der Waals surface area contributed by atoms with Crippen molar-refractivity contribution >= 4 is 15.9 Å². The van der Waals surface area contributed by atoms with Gasteiger partial charge in [-0.3, -0.25) is 0 Å². The van der Waals surface area contributed by atoms with Crippen molar-refractivity contribution in [2.24, 2.45) is 5.73 Å². The molecule has 2 nitrogen and oxygen atoms in total. The Hall–Kier alpha value is -0.380. The molecule has 3 heteroatoms. The average Bonchev–Trinajstić information content (AvgIpc) is 2.13. The van der Waals surface area contributed by atoms with Crippen molar-refractivity contribution in [3.63, 3.8) is 0 Å². The minimum atomic E-state index is 0.366. The van der Waals surface area contributed by atoms with Crippen LogP contribution in [0.25, 0.3) is 0 Å². The summed E-state index contributed by atoms with van der Waals surface area (Å²) in [4.78, 5) is 0. The molecule has 1 aromatic rings. The molecule has 0 saturated heterocycles. The highest BCUT2D eigenvalue weighted by Crippen LogP contribution is 2.22. The van der Waals surface area contributed by atoms with Gasteiger partial charge in [0.1, 0.15) is 0 Å². The minimum Gasteiger partial charge on any atom is -0.373 e. The summed E-state index contributed by atoms with van der Waals surface area (Å²) in [6, 6.07) is 8.58. The Bertz CT molecular complexity index is 293. The number of nitrogens with two attached hydrogens (primary N) is 1. The van der Waals surface area contributed by atoms with Crippen LogP contribution in [0.1, 0.15) is 18.4 Å². The molecule has 1 aromatic carbocycles. The highest BCUT2D eigenvalue weighted by molar-refractivity contribution is 9.10. The summed E-state index contributed by atoms with van der Waals surface area (Å²) in [6.45, 7) is 0.699. The zero-order valence-electron chi connectivity index (χ0n) is 7.95. The van der Waals surface area contributed by atoms with Crippen LogP contribution in [0.5, 0.6) is 0 Å². The number of hydrogen-bond donors (Lipinski definition) is 1. The van der Waals surface area contributed by atoms with Gasteiger partial charge in [0.25, 0.3) is 0 Å². The molecule has 0 aromatic heterocycles. The molecule has 1 saturated carbocycles.